The normalized spacial score (nSPS) is 23.7. The summed E-state index contributed by atoms with van der Waals surface area (Å²) in [6.07, 6.45) is 1.93. The molecule has 1 amide bonds. The molecular weight excluding hydrogens is 296 g/mol. The largest absolute Gasteiger partial charge is 0.497 e. The summed E-state index contributed by atoms with van der Waals surface area (Å²) >= 11 is 0. The summed E-state index contributed by atoms with van der Waals surface area (Å²) in [4.78, 5) is 12.2. The van der Waals surface area contributed by atoms with E-state index in [0.29, 0.717) is 11.0 Å². The third-order valence-corrected chi connectivity index (χ3v) is 5.19. The molecule has 1 aromatic carbocycles. The van der Waals surface area contributed by atoms with E-state index in [1.54, 1.807) is 12.1 Å². The number of hydrogen-bond donors (Lipinski definition) is 1. The Bertz CT molecular complexity index is 639. The van der Waals surface area contributed by atoms with Crippen molar-refractivity contribution in [2.75, 3.05) is 0 Å². The van der Waals surface area contributed by atoms with E-state index in [1.165, 1.54) is 6.07 Å². The first-order chi connectivity index (χ1) is 10.5. The van der Waals surface area contributed by atoms with Crippen molar-refractivity contribution < 1.29 is 18.5 Å². The van der Waals surface area contributed by atoms with Crippen LogP contribution in [-0.4, -0.2) is 29.8 Å². The highest BCUT2D eigenvalue weighted by Crippen LogP contribution is 2.37. The third-order valence-electron chi connectivity index (χ3n) is 5.19. The number of halogens is 1. The van der Waals surface area contributed by atoms with Gasteiger partial charge >= 0.3 is 7.12 Å². The molecule has 124 valence electrons. The summed E-state index contributed by atoms with van der Waals surface area (Å²) < 4.78 is 26.2. The Labute approximate surface area is 136 Å². The first-order valence-corrected chi connectivity index (χ1v) is 8.01. The van der Waals surface area contributed by atoms with Gasteiger partial charge in [-0.25, -0.2) is 4.39 Å². The van der Waals surface area contributed by atoms with Gasteiger partial charge in [-0.05, 0) is 59.6 Å². The van der Waals surface area contributed by atoms with Gasteiger partial charge in [-0.15, -0.1) is 0 Å². The number of amides is 1. The maximum Gasteiger partial charge on any atom is 0.497 e. The quantitative estimate of drug-likeness (QED) is 0.871. The molecule has 1 N–H and O–H groups in total. The predicted octanol–water partition coefficient (Wildman–Crippen LogP) is 2.41. The van der Waals surface area contributed by atoms with Crippen LogP contribution in [0.15, 0.2) is 18.2 Å². The van der Waals surface area contributed by atoms with Crippen LogP contribution < -0.4 is 10.8 Å². The van der Waals surface area contributed by atoms with Gasteiger partial charge in [-0.3, -0.25) is 4.79 Å². The van der Waals surface area contributed by atoms with Crippen LogP contribution in [0.1, 0.15) is 57.8 Å². The van der Waals surface area contributed by atoms with E-state index >= 15 is 0 Å². The molecule has 0 aromatic heterocycles. The highest BCUT2D eigenvalue weighted by atomic mass is 19.1. The maximum absolute atomic E-state index is 14.5. The molecule has 1 aliphatic heterocycles. The zero-order chi connectivity index (χ0) is 17.0. The molecule has 0 spiro atoms. The molecule has 1 saturated carbocycles. The molecular formula is C17H23BFNO3. The third kappa shape index (κ3) is 3.02. The summed E-state index contributed by atoms with van der Waals surface area (Å²) in [5.41, 5.74) is -0.548. The Kier molecular flexibility index (Phi) is 3.61. The van der Waals surface area contributed by atoms with E-state index in [9.17, 15) is 9.18 Å². The smallest absolute Gasteiger partial charge is 0.399 e. The summed E-state index contributed by atoms with van der Waals surface area (Å²) in [7, 11) is -0.766. The van der Waals surface area contributed by atoms with Gasteiger partial charge in [-0.1, -0.05) is 6.07 Å². The molecule has 1 aliphatic carbocycles. The van der Waals surface area contributed by atoms with Crippen LogP contribution in [0.5, 0.6) is 0 Å². The van der Waals surface area contributed by atoms with E-state index in [-0.39, 0.29) is 11.4 Å². The zero-order valence-corrected chi connectivity index (χ0v) is 14.3. The van der Waals surface area contributed by atoms with Gasteiger partial charge in [0.25, 0.3) is 5.91 Å². The Hall–Kier alpha value is -1.40. The first kappa shape index (κ1) is 16.5. The van der Waals surface area contributed by atoms with E-state index < -0.39 is 24.1 Å². The van der Waals surface area contributed by atoms with E-state index in [4.69, 9.17) is 9.31 Å². The topological polar surface area (TPSA) is 47.6 Å². The van der Waals surface area contributed by atoms with Crippen LogP contribution in [0, 0.1) is 5.82 Å². The fourth-order valence-corrected chi connectivity index (χ4v) is 2.49. The molecule has 1 heterocycles. The SMILES string of the molecule is CC1(NC(=O)c2ccc(B3OC(C)(C)C(C)(C)O3)c(F)c2)CC1. The van der Waals surface area contributed by atoms with Crippen LogP contribution in [0.25, 0.3) is 0 Å². The lowest BCUT2D eigenvalue weighted by atomic mass is 9.78. The summed E-state index contributed by atoms with van der Waals surface area (Å²) in [6.45, 7) is 9.66. The van der Waals surface area contributed by atoms with Gasteiger partial charge in [0.05, 0.1) is 11.2 Å². The van der Waals surface area contributed by atoms with Gasteiger partial charge in [-0.2, -0.15) is 0 Å². The van der Waals surface area contributed by atoms with Crippen LogP contribution >= 0.6 is 0 Å². The molecule has 0 atom stereocenters. The number of benzene rings is 1. The van der Waals surface area contributed by atoms with E-state index in [1.807, 2.05) is 34.6 Å². The van der Waals surface area contributed by atoms with Crippen molar-refractivity contribution in [1.29, 1.82) is 0 Å². The maximum atomic E-state index is 14.5. The number of carbonyl (C=O) groups is 1. The molecule has 0 unspecified atom stereocenters. The molecule has 0 radical (unpaired) electrons. The molecule has 23 heavy (non-hydrogen) atoms. The minimum Gasteiger partial charge on any atom is -0.399 e. The fourth-order valence-electron chi connectivity index (χ4n) is 2.49. The van der Waals surface area contributed by atoms with Crippen molar-refractivity contribution in [3.05, 3.63) is 29.6 Å². The standard InChI is InChI=1S/C17H23BFNO3/c1-15(2)16(3,4)23-18(22-15)12-7-6-11(10-13(12)19)14(21)20-17(5)8-9-17/h6-7,10H,8-9H2,1-5H3,(H,20,21). The second-order valence-corrected chi connectivity index (χ2v) is 7.84. The van der Waals surface area contributed by atoms with Gasteiger partial charge in [0, 0.05) is 16.6 Å². The van der Waals surface area contributed by atoms with E-state index in [2.05, 4.69) is 5.32 Å². The molecule has 3 rings (SSSR count). The first-order valence-electron chi connectivity index (χ1n) is 8.01. The van der Waals surface area contributed by atoms with Crippen LogP contribution in [0.2, 0.25) is 0 Å². The molecule has 1 aromatic rings. The average Bonchev–Trinajstić information content (AvgIpc) is 3.08. The highest BCUT2D eigenvalue weighted by molar-refractivity contribution is 6.62. The lowest BCUT2D eigenvalue weighted by molar-refractivity contribution is 0.00578. The second-order valence-electron chi connectivity index (χ2n) is 7.84. The molecule has 4 nitrogen and oxygen atoms in total. The molecule has 2 fully saturated rings. The van der Waals surface area contributed by atoms with Crippen molar-refractivity contribution >= 4 is 18.5 Å². The van der Waals surface area contributed by atoms with Gasteiger partial charge in [0.15, 0.2) is 0 Å². The number of carbonyl (C=O) groups excluding carboxylic acids is 1. The number of rotatable bonds is 3. The fraction of sp³-hybridized carbons (Fsp3) is 0.588. The second kappa shape index (κ2) is 5.05. The van der Waals surface area contributed by atoms with Gasteiger partial charge in [0.1, 0.15) is 5.82 Å². The minimum absolute atomic E-state index is 0.127. The zero-order valence-electron chi connectivity index (χ0n) is 14.3. The van der Waals surface area contributed by atoms with Gasteiger partial charge in [0.2, 0.25) is 0 Å². The van der Waals surface area contributed by atoms with Crippen LogP contribution in [-0.2, 0) is 9.31 Å². The Morgan fingerprint density at radius 2 is 1.70 bits per heavy atom. The molecule has 1 saturated heterocycles. The lowest BCUT2D eigenvalue weighted by Crippen LogP contribution is -2.41. The lowest BCUT2D eigenvalue weighted by Gasteiger charge is -2.32. The molecule has 0 bridgehead atoms. The van der Waals surface area contributed by atoms with Crippen molar-refractivity contribution in [3.63, 3.8) is 0 Å². The monoisotopic (exact) mass is 319 g/mol. The Morgan fingerprint density at radius 3 is 2.17 bits per heavy atom. The van der Waals surface area contributed by atoms with Gasteiger partial charge < -0.3 is 14.6 Å². The Morgan fingerprint density at radius 1 is 1.13 bits per heavy atom. The predicted molar refractivity (Wildman–Crippen MR) is 87.2 cm³/mol. The van der Waals surface area contributed by atoms with E-state index in [0.717, 1.165) is 12.8 Å². The Balaban J connectivity index is 1.79. The molecule has 6 heteroatoms. The molecule has 2 aliphatic rings. The van der Waals surface area contributed by atoms with Crippen molar-refractivity contribution in [2.45, 2.75) is 64.2 Å². The summed E-state index contributed by atoms with van der Waals surface area (Å²) in [6, 6.07) is 4.44. The van der Waals surface area contributed by atoms with Crippen LogP contribution in [0.3, 0.4) is 0 Å². The van der Waals surface area contributed by atoms with Crippen molar-refractivity contribution in [3.8, 4) is 0 Å². The average molecular weight is 319 g/mol. The summed E-state index contributed by atoms with van der Waals surface area (Å²) in [5, 5.41) is 2.92. The van der Waals surface area contributed by atoms with Crippen molar-refractivity contribution in [2.24, 2.45) is 0 Å². The summed E-state index contributed by atoms with van der Waals surface area (Å²) in [5.74, 6) is -0.735. The minimum atomic E-state index is -0.766. The highest BCUT2D eigenvalue weighted by Gasteiger charge is 2.52. The number of nitrogens with one attached hydrogen (secondary N) is 1. The van der Waals surface area contributed by atoms with Crippen LogP contribution in [0.4, 0.5) is 4.39 Å². The number of hydrogen-bond acceptors (Lipinski definition) is 3. The van der Waals surface area contributed by atoms with Crippen molar-refractivity contribution in [1.82, 2.24) is 5.32 Å².